The van der Waals surface area contributed by atoms with Crippen molar-refractivity contribution >= 4 is 38.9 Å². The minimum Gasteiger partial charge on any atom is -0.460 e. The first-order chi connectivity index (χ1) is 13.5. The Hall–Kier alpha value is -2.73. The van der Waals surface area contributed by atoms with Crippen molar-refractivity contribution in [3.63, 3.8) is 0 Å². The van der Waals surface area contributed by atoms with E-state index < -0.39 is 5.97 Å². The number of benzene rings is 2. The molecular formula is C22H21BrN2O3. The maximum absolute atomic E-state index is 12.5. The van der Waals surface area contributed by atoms with Gasteiger partial charge in [0.05, 0.1) is 17.5 Å². The highest BCUT2D eigenvalue weighted by Gasteiger charge is 2.18. The first-order valence-electron chi connectivity index (χ1n) is 9.07. The first-order valence-corrected chi connectivity index (χ1v) is 9.86. The molecule has 0 aliphatic rings. The van der Waals surface area contributed by atoms with Gasteiger partial charge in [0, 0.05) is 10.4 Å². The molecule has 5 nitrogen and oxygen atoms in total. The standard InChI is InChI=1S/C22H21BrN2O3/c1-4-27-22(26)19(12-15-8-6-5-7-9-15)28-21-17-13-16(23)10-11-18(17)24-20(25-21)14(2)3/h5-14H,4H2,1-3H3/b19-12+. The summed E-state index contributed by atoms with van der Waals surface area (Å²) in [6.07, 6.45) is 1.65. The van der Waals surface area contributed by atoms with Crippen LogP contribution in [0.1, 0.15) is 38.1 Å². The zero-order chi connectivity index (χ0) is 20.1. The number of halogens is 1. The van der Waals surface area contributed by atoms with Crippen molar-refractivity contribution in [1.29, 1.82) is 0 Å². The van der Waals surface area contributed by atoms with Gasteiger partial charge in [-0.15, -0.1) is 0 Å². The van der Waals surface area contributed by atoms with Crippen molar-refractivity contribution in [2.75, 3.05) is 6.61 Å². The van der Waals surface area contributed by atoms with Crippen LogP contribution in [0.15, 0.2) is 58.8 Å². The lowest BCUT2D eigenvalue weighted by atomic mass is 10.2. The zero-order valence-corrected chi connectivity index (χ0v) is 17.6. The monoisotopic (exact) mass is 440 g/mol. The Morgan fingerprint density at radius 1 is 1.14 bits per heavy atom. The van der Waals surface area contributed by atoms with Crippen molar-refractivity contribution in [2.45, 2.75) is 26.7 Å². The van der Waals surface area contributed by atoms with Gasteiger partial charge in [-0.1, -0.05) is 60.1 Å². The van der Waals surface area contributed by atoms with Crippen LogP contribution < -0.4 is 4.74 Å². The van der Waals surface area contributed by atoms with Gasteiger partial charge in [0.1, 0.15) is 5.82 Å². The molecule has 3 aromatic rings. The van der Waals surface area contributed by atoms with E-state index in [1.807, 2.05) is 62.4 Å². The number of rotatable bonds is 6. The number of carbonyl (C=O) groups excluding carboxylic acids is 1. The maximum Gasteiger partial charge on any atom is 0.374 e. The minimum absolute atomic E-state index is 0.0720. The van der Waals surface area contributed by atoms with Crippen LogP contribution in [0.25, 0.3) is 17.0 Å². The Morgan fingerprint density at radius 3 is 2.57 bits per heavy atom. The smallest absolute Gasteiger partial charge is 0.374 e. The summed E-state index contributed by atoms with van der Waals surface area (Å²) in [7, 11) is 0. The Bertz CT molecular complexity index is 1020. The molecule has 1 aromatic heterocycles. The van der Waals surface area contributed by atoms with Gasteiger partial charge in [0.15, 0.2) is 0 Å². The van der Waals surface area contributed by atoms with Gasteiger partial charge >= 0.3 is 5.97 Å². The number of esters is 1. The molecule has 2 aromatic carbocycles. The molecule has 0 aliphatic carbocycles. The van der Waals surface area contributed by atoms with Crippen molar-refractivity contribution in [2.24, 2.45) is 0 Å². The van der Waals surface area contributed by atoms with Gasteiger partial charge in [-0.3, -0.25) is 0 Å². The second-order valence-corrected chi connectivity index (χ2v) is 7.36. The topological polar surface area (TPSA) is 61.3 Å². The van der Waals surface area contributed by atoms with E-state index in [-0.39, 0.29) is 18.3 Å². The fourth-order valence-electron chi connectivity index (χ4n) is 2.56. The third kappa shape index (κ3) is 4.75. The molecule has 0 spiro atoms. The second kappa shape index (κ2) is 8.97. The number of hydrogen-bond donors (Lipinski definition) is 0. The summed E-state index contributed by atoms with van der Waals surface area (Å²) in [6, 6.07) is 15.1. The van der Waals surface area contributed by atoms with Crippen LogP contribution in [0.2, 0.25) is 0 Å². The molecular weight excluding hydrogens is 420 g/mol. The average Bonchev–Trinajstić information content (AvgIpc) is 2.68. The van der Waals surface area contributed by atoms with Crippen LogP contribution in [-0.2, 0) is 9.53 Å². The van der Waals surface area contributed by atoms with E-state index in [2.05, 4.69) is 25.9 Å². The van der Waals surface area contributed by atoms with Crippen LogP contribution in [0, 0.1) is 0 Å². The first kappa shape index (κ1) is 20.0. The molecule has 0 aliphatic heterocycles. The molecule has 1 heterocycles. The summed E-state index contributed by atoms with van der Waals surface area (Å²) < 4.78 is 12.1. The molecule has 0 saturated heterocycles. The molecule has 0 amide bonds. The number of carbonyl (C=O) groups is 1. The highest BCUT2D eigenvalue weighted by Crippen LogP contribution is 2.29. The zero-order valence-electron chi connectivity index (χ0n) is 16.0. The Morgan fingerprint density at radius 2 is 1.89 bits per heavy atom. The number of nitrogens with zero attached hydrogens (tertiary/aromatic N) is 2. The quantitative estimate of drug-likeness (QED) is 0.287. The van der Waals surface area contributed by atoms with Gasteiger partial charge in [0.25, 0.3) is 0 Å². The van der Waals surface area contributed by atoms with Crippen LogP contribution in [-0.4, -0.2) is 22.5 Å². The third-order valence-electron chi connectivity index (χ3n) is 3.94. The van der Waals surface area contributed by atoms with Crippen molar-refractivity contribution in [3.05, 3.63) is 70.2 Å². The van der Waals surface area contributed by atoms with Gasteiger partial charge in [0.2, 0.25) is 11.6 Å². The summed E-state index contributed by atoms with van der Waals surface area (Å²) in [6.45, 7) is 6.03. The molecule has 3 rings (SSSR count). The Kier molecular flexibility index (Phi) is 6.41. The highest BCUT2D eigenvalue weighted by atomic mass is 79.9. The SMILES string of the molecule is CCOC(=O)/C(=C\c1ccccc1)Oc1nc(C(C)C)nc2ccc(Br)cc12. The minimum atomic E-state index is -0.542. The number of hydrogen-bond acceptors (Lipinski definition) is 5. The van der Waals surface area contributed by atoms with Gasteiger partial charge in [-0.25, -0.2) is 9.78 Å². The number of ether oxygens (including phenoxy) is 2. The fourth-order valence-corrected chi connectivity index (χ4v) is 2.92. The summed E-state index contributed by atoms with van der Waals surface area (Å²) in [4.78, 5) is 21.7. The van der Waals surface area contributed by atoms with Crippen LogP contribution in [0.3, 0.4) is 0 Å². The van der Waals surface area contributed by atoms with Crippen molar-refractivity contribution in [1.82, 2.24) is 9.97 Å². The van der Waals surface area contributed by atoms with Gasteiger partial charge in [-0.05, 0) is 36.8 Å². The molecule has 0 saturated carbocycles. The highest BCUT2D eigenvalue weighted by molar-refractivity contribution is 9.10. The van der Waals surface area contributed by atoms with Gasteiger partial charge < -0.3 is 9.47 Å². The summed E-state index contributed by atoms with van der Waals surface area (Å²) in [5, 5.41) is 0.710. The second-order valence-electron chi connectivity index (χ2n) is 6.44. The van der Waals surface area contributed by atoms with E-state index in [0.29, 0.717) is 17.1 Å². The van der Waals surface area contributed by atoms with E-state index in [0.717, 1.165) is 15.6 Å². The van der Waals surface area contributed by atoms with Crippen molar-refractivity contribution in [3.8, 4) is 5.88 Å². The largest absolute Gasteiger partial charge is 0.460 e. The van der Waals surface area contributed by atoms with E-state index in [1.165, 1.54) is 0 Å². The third-order valence-corrected chi connectivity index (χ3v) is 4.43. The molecule has 6 heteroatoms. The van der Waals surface area contributed by atoms with E-state index in [4.69, 9.17) is 9.47 Å². The lowest BCUT2D eigenvalue weighted by Crippen LogP contribution is -2.14. The molecule has 28 heavy (non-hydrogen) atoms. The van der Waals surface area contributed by atoms with E-state index in [1.54, 1.807) is 13.0 Å². The molecule has 0 fully saturated rings. The molecule has 144 valence electrons. The molecule has 0 radical (unpaired) electrons. The fraction of sp³-hybridized carbons (Fsp3) is 0.227. The van der Waals surface area contributed by atoms with Crippen molar-refractivity contribution < 1.29 is 14.3 Å². The maximum atomic E-state index is 12.5. The lowest BCUT2D eigenvalue weighted by Gasteiger charge is -2.13. The Labute approximate surface area is 172 Å². The van der Waals surface area contributed by atoms with Crippen LogP contribution in [0.5, 0.6) is 5.88 Å². The van der Waals surface area contributed by atoms with E-state index >= 15 is 0 Å². The number of fused-ring (bicyclic) bond motifs is 1. The summed E-state index contributed by atoms with van der Waals surface area (Å²) in [5.74, 6) is 0.611. The predicted octanol–water partition coefficient (Wildman–Crippen LogP) is 5.50. The normalized spacial score (nSPS) is 11.7. The predicted molar refractivity (Wildman–Crippen MR) is 113 cm³/mol. The molecule has 0 bridgehead atoms. The molecule has 0 atom stereocenters. The van der Waals surface area contributed by atoms with E-state index in [9.17, 15) is 4.79 Å². The average molecular weight is 441 g/mol. The molecule has 0 N–H and O–H groups in total. The van der Waals surface area contributed by atoms with Crippen LogP contribution in [0.4, 0.5) is 0 Å². The van der Waals surface area contributed by atoms with Crippen LogP contribution >= 0.6 is 15.9 Å². The number of aromatic nitrogens is 2. The summed E-state index contributed by atoms with van der Waals surface area (Å²) in [5.41, 5.74) is 1.58. The summed E-state index contributed by atoms with van der Waals surface area (Å²) >= 11 is 3.47. The van der Waals surface area contributed by atoms with Gasteiger partial charge in [-0.2, -0.15) is 4.98 Å². The molecule has 0 unspecified atom stereocenters. The lowest BCUT2D eigenvalue weighted by molar-refractivity contribution is -0.140. The Balaban J connectivity index is 2.11.